The molecule has 1 atom stereocenters. The largest absolute Gasteiger partial charge is 0.487 e. The van der Waals surface area contributed by atoms with Crippen LogP contribution in [0.15, 0.2) is 36.8 Å². The Morgan fingerprint density at radius 3 is 3.04 bits per heavy atom. The van der Waals surface area contributed by atoms with Gasteiger partial charge in [0, 0.05) is 44.4 Å². The first-order chi connectivity index (χ1) is 12.2. The number of nitriles is 1. The van der Waals surface area contributed by atoms with Crippen LogP contribution < -0.4 is 15.0 Å². The fourth-order valence-electron chi connectivity index (χ4n) is 2.73. The van der Waals surface area contributed by atoms with Gasteiger partial charge in [0.15, 0.2) is 0 Å². The first-order valence-electron chi connectivity index (χ1n) is 8.11. The van der Waals surface area contributed by atoms with Crippen molar-refractivity contribution in [2.24, 2.45) is 0 Å². The maximum atomic E-state index is 11.1. The van der Waals surface area contributed by atoms with Crippen molar-refractivity contribution >= 4 is 11.7 Å². The molecular formula is C18H19N5O2. The lowest BCUT2D eigenvalue weighted by atomic mass is 10.2. The van der Waals surface area contributed by atoms with E-state index in [1.807, 2.05) is 12.1 Å². The van der Waals surface area contributed by atoms with Crippen LogP contribution in [0.1, 0.15) is 24.5 Å². The number of nitrogens with one attached hydrogen (secondary N) is 1. The molecule has 0 aromatic carbocycles. The van der Waals surface area contributed by atoms with E-state index in [0.29, 0.717) is 24.4 Å². The van der Waals surface area contributed by atoms with Gasteiger partial charge >= 0.3 is 0 Å². The Balaban J connectivity index is 1.63. The highest BCUT2D eigenvalue weighted by Crippen LogP contribution is 2.24. The van der Waals surface area contributed by atoms with Crippen LogP contribution in [0.2, 0.25) is 0 Å². The van der Waals surface area contributed by atoms with Gasteiger partial charge in [0.2, 0.25) is 5.91 Å². The Bertz CT molecular complexity index is 785. The van der Waals surface area contributed by atoms with Crippen molar-refractivity contribution in [3.63, 3.8) is 0 Å². The van der Waals surface area contributed by atoms with Gasteiger partial charge in [0.05, 0.1) is 18.3 Å². The van der Waals surface area contributed by atoms with Crippen LogP contribution >= 0.6 is 0 Å². The summed E-state index contributed by atoms with van der Waals surface area (Å²) in [6.45, 7) is 3.46. The number of rotatable bonds is 5. The number of amides is 1. The van der Waals surface area contributed by atoms with E-state index in [1.54, 1.807) is 24.7 Å². The van der Waals surface area contributed by atoms with Gasteiger partial charge in [-0.3, -0.25) is 9.78 Å². The second-order valence-corrected chi connectivity index (χ2v) is 5.88. The molecule has 1 aliphatic heterocycles. The van der Waals surface area contributed by atoms with E-state index >= 15 is 0 Å². The van der Waals surface area contributed by atoms with Crippen LogP contribution in [0.25, 0.3) is 0 Å². The molecule has 0 spiro atoms. The Morgan fingerprint density at radius 2 is 2.32 bits per heavy atom. The first-order valence-corrected chi connectivity index (χ1v) is 8.11. The number of nitrogens with zero attached hydrogens (tertiary/aromatic N) is 4. The number of hydrogen-bond donors (Lipinski definition) is 1. The number of carbonyl (C=O) groups is 1. The Morgan fingerprint density at radius 1 is 1.44 bits per heavy atom. The Hall–Kier alpha value is -3.14. The summed E-state index contributed by atoms with van der Waals surface area (Å²) >= 11 is 0. The summed E-state index contributed by atoms with van der Waals surface area (Å²) in [5.74, 6) is 1.45. The van der Waals surface area contributed by atoms with Crippen molar-refractivity contribution in [1.29, 1.82) is 5.26 Å². The summed E-state index contributed by atoms with van der Waals surface area (Å²) < 4.78 is 6.10. The normalized spacial score (nSPS) is 16.3. The predicted octanol–water partition coefficient (Wildman–Crippen LogP) is 1.64. The summed E-state index contributed by atoms with van der Waals surface area (Å²) in [7, 11) is 0. The molecule has 0 bridgehead atoms. The number of aromatic nitrogens is 2. The second kappa shape index (κ2) is 7.62. The van der Waals surface area contributed by atoms with E-state index in [2.05, 4.69) is 26.3 Å². The number of ether oxygens (including phenoxy) is 1. The molecule has 128 valence electrons. The van der Waals surface area contributed by atoms with Gasteiger partial charge in [0.1, 0.15) is 23.7 Å². The Labute approximate surface area is 146 Å². The lowest BCUT2D eigenvalue weighted by Crippen LogP contribution is -2.26. The minimum absolute atomic E-state index is 0.0257. The number of anilines is 1. The van der Waals surface area contributed by atoms with Gasteiger partial charge in [-0.1, -0.05) is 0 Å². The Kier molecular flexibility index (Phi) is 5.09. The zero-order valence-corrected chi connectivity index (χ0v) is 14.0. The number of carbonyl (C=O) groups excluding carboxylic acids is 1. The molecule has 3 rings (SSSR count). The van der Waals surface area contributed by atoms with Crippen LogP contribution in [-0.4, -0.2) is 35.1 Å². The molecule has 2 aromatic rings. The fourth-order valence-corrected chi connectivity index (χ4v) is 2.73. The SMILES string of the molecule is CC(=O)NCc1ccncc1O[C@H]1CCN(c2ccc(C#N)cn2)C1. The molecule has 7 nitrogen and oxygen atoms in total. The quantitative estimate of drug-likeness (QED) is 0.892. The summed E-state index contributed by atoms with van der Waals surface area (Å²) in [6, 6.07) is 7.54. The van der Waals surface area contributed by atoms with E-state index in [-0.39, 0.29) is 12.0 Å². The van der Waals surface area contributed by atoms with Gasteiger partial charge in [-0.05, 0) is 18.2 Å². The van der Waals surface area contributed by atoms with Gasteiger partial charge in [-0.25, -0.2) is 4.98 Å². The average Bonchev–Trinajstić information content (AvgIpc) is 3.09. The summed E-state index contributed by atoms with van der Waals surface area (Å²) in [5, 5.41) is 11.6. The van der Waals surface area contributed by atoms with Crippen molar-refractivity contribution in [2.75, 3.05) is 18.0 Å². The molecule has 0 radical (unpaired) electrons. The van der Waals surface area contributed by atoms with Crippen molar-refractivity contribution in [3.8, 4) is 11.8 Å². The molecule has 1 amide bonds. The summed E-state index contributed by atoms with van der Waals surface area (Å²) in [5.41, 5.74) is 1.45. The van der Waals surface area contributed by atoms with E-state index in [1.165, 1.54) is 6.92 Å². The zero-order valence-electron chi connectivity index (χ0n) is 14.0. The monoisotopic (exact) mass is 337 g/mol. The lowest BCUT2D eigenvalue weighted by molar-refractivity contribution is -0.119. The summed E-state index contributed by atoms with van der Waals surface area (Å²) in [6.07, 6.45) is 5.84. The zero-order chi connectivity index (χ0) is 17.6. The van der Waals surface area contributed by atoms with Gasteiger partial charge in [0.25, 0.3) is 0 Å². The van der Waals surface area contributed by atoms with Crippen molar-refractivity contribution < 1.29 is 9.53 Å². The van der Waals surface area contributed by atoms with Gasteiger partial charge in [-0.2, -0.15) is 5.26 Å². The molecule has 0 aliphatic carbocycles. The van der Waals surface area contributed by atoms with Crippen LogP contribution in [0, 0.1) is 11.3 Å². The second-order valence-electron chi connectivity index (χ2n) is 5.88. The molecule has 7 heteroatoms. The molecule has 0 saturated carbocycles. The molecule has 3 heterocycles. The van der Waals surface area contributed by atoms with Gasteiger partial charge < -0.3 is 15.0 Å². The first kappa shape index (κ1) is 16.7. The molecule has 2 aromatic heterocycles. The molecule has 1 aliphatic rings. The average molecular weight is 337 g/mol. The number of hydrogen-bond acceptors (Lipinski definition) is 6. The third-order valence-electron chi connectivity index (χ3n) is 4.04. The van der Waals surface area contributed by atoms with Crippen molar-refractivity contribution in [2.45, 2.75) is 26.0 Å². The highest BCUT2D eigenvalue weighted by molar-refractivity contribution is 5.72. The molecular weight excluding hydrogens is 318 g/mol. The van der Waals surface area contributed by atoms with Crippen LogP contribution in [-0.2, 0) is 11.3 Å². The molecule has 1 fully saturated rings. The van der Waals surface area contributed by atoms with Crippen LogP contribution in [0.4, 0.5) is 5.82 Å². The third-order valence-corrected chi connectivity index (χ3v) is 4.04. The molecule has 1 saturated heterocycles. The molecule has 1 N–H and O–H groups in total. The minimum Gasteiger partial charge on any atom is -0.487 e. The smallest absolute Gasteiger partial charge is 0.217 e. The molecule has 0 unspecified atom stereocenters. The maximum absolute atomic E-state index is 11.1. The molecule has 25 heavy (non-hydrogen) atoms. The van der Waals surface area contributed by atoms with Crippen LogP contribution in [0.5, 0.6) is 5.75 Å². The highest BCUT2D eigenvalue weighted by atomic mass is 16.5. The standard InChI is InChI=1S/C18H19N5O2/c1-13(24)21-10-15-4-6-20-11-17(15)25-16-5-7-23(12-16)18-3-2-14(8-19)9-22-18/h2-4,6,9,11,16H,5,7,10,12H2,1H3,(H,21,24)/t16-/m0/s1. The fraction of sp³-hybridized carbons (Fsp3) is 0.333. The number of pyridine rings is 2. The minimum atomic E-state index is -0.0818. The van der Waals surface area contributed by atoms with E-state index in [4.69, 9.17) is 10.00 Å². The van der Waals surface area contributed by atoms with E-state index in [9.17, 15) is 4.79 Å². The summed E-state index contributed by atoms with van der Waals surface area (Å²) in [4.78, 5) is 21.7. The van der Waals surface area contributed by atoms with Crippen molar-refractivity contribution in [3.05, 3.63) is 47.9 Å². The lowest BCUT2D eigenvalue weighted by Gasteiger charge is -2.19. The van der Waals surface area contributed by atoms with Crippen LogP contribution in [0.3, 0.4) is 0 Å². The third kappa shape index (κ3) is 4.23. The van der Waals surface area contributed by atoms with Crippen molar-refractivity contribution in [1.82, 2.24) is 15.3 Å². The van der Waals surface area contributed by atoms with E-state index < -0.39 is 0 Å². The highest BCUT2D eigenvalue weighted by Gasteiger charge is 2.25. The topological polar surface area (TPSA) is 91.1 Å². The predicted molar refractivity (Wildman–Crippen MR) is 92.0 cm³/mol. The maximum Gasteiger partial charge on any atom is 0.217 e. The van der Waals surface area contributed by atoms with Gasteiger partial charge in [-0.15, -0.1) is 0 Å². The van der Waals surface area contributed by atoms with E-state index in [0.717, 1.165) is 24.3 Å².